The summed E-state index contributed by atoms with van der Waals surface area (Å²) in [6, 6.07) is 15.7. The number of aromatic nitrogens is 2. The van der Waals surface area contributed by atoms with Crippen LogP contribution in [-0.2, 0) is 6.54 Å². The predicted octanol–water partition coefficient (Wildman–Crippen LogP) is 4.45. The fourth-order valence-corrected chi connectivity index (χ4v) is 3.78. The van der Waals surface area contributed by atoms with E-state index in [1.807, 2.05) is 43.3 Å². The standard InChI is InChI=1S/C24H28N4O3/c1-2-30-21-10-6-5-9-19(21)17-25-23(29)24-26-22(27-31-24)18-11-13-20(14-12-18)28-15-7-3-4-8-16-28/h5-6,9-14H,2-4,7-8,15-17H2,1H3,(H,25,29). The summed E-state index contributed by atoms with van der Waals surface area (Å²) in [5.74, 6) is 0.690. The van der Waals surface area contributed by atoms with Crippen LogP contribution in [0.25, 0.3) is 11.4 Å². The van der Waals surface area contributed by atoms with E-state index in [0.717, 1.165) is 30.0 Å². The van der Waals surface area contributed by atoms with Crippen LogP contribution in [0.2, 0.25) is 0 Å². The highest BCUT2D eigenvalue weighted by Gasteiger charge is 2.17. The number of nitrogens with zero attached hydrogens (tertiary/aromatic N) is 3. The van der Waals surface area contributed by atoms with Gasteiger partial charge in [-0.3, -0.25) is 4.79 Å². The van der Waals surface area contributed by atoms with E-state index in [2.05, 4.69) is 32.5 Å². The summed E-state index contributed by atoms with van der Waals surface area (Å²) in [4.78, 5) is 19.2. The molecule has 1 N–H and O–H groups in total. The molecule has 3 aromatic rings. The Balaban J connectivity index is 1.39. The van der Waals surface area contributed by atoms with Crippen LogP contribution in [0.1, 0.15) is 48.9 Å². The number of benzene rings is 2. The minimum Gasteiger partial charge on any atom is -0.494 e. The third-order valence-electron chi connectivity index (χ3n) is 5.43. The normalized spacial score (nSPS) is 14.2. The van der Waals surface area contributed by atoms with Gasteiger partial charge in [0.05, 0.1) is 6.61 Å². The molecule has 0 saturated carbocycles. The van der Waals surface area contributed by atoms with Crippen molar-refractivity contribution in [3.8, 4) is 17.1 Å². The van der Waals surface area contributed by atoms with Crippen molar-refractivity contribution in [2.24, 2.45) is 0 Å². The van der Waals surface area contributed by atoms with E-state index in [-0.39, 0.29) is 5.89 Å². The van der Waals surface area contributed by atoms with E-state index < -0.39 is 5.91 Å². The van der Waals surface area contributed by atoms with Crippen molar-refractivity contribution in [1.29, 1.82) is 0 Å². The van der Waals surface area contributed by atoms with Gasteiger partial charge in [-0.1, -0.05) is 36.2 Å². The maximum absolute atomic E-state index is 12.5. The van der Waals surface area contributed by atoms with Gasteiger partial charge in [0.25, 0.3) is 0 Å². The van der Waals surface area contributed by atoms with Gasteiger partial charge in [-0.05, 0) is 50.1 Å². The quantitative estimate of drug-likeness (QED) is 0.608. The molecule has 1 aromatic heterocycles. The summed E-state index contributed by atoms with van der Waals surface area (Å²) in [7, 11) is 0. The fraction of sp³-hybridized carbons (Fsp3) is 0.375. The van der Waals surface area contributed by atoms with Crippen LogP contribution in [0.3, 0.4) is 0 Å². The molecule has 7 heteroatoms. The number of nitrogens with one attached hydrogen (secondary N) is 1. The predicted molar refractivity (Wildman–Crippen MR) is 119 cm³/mol. The Morgan fingerprint density at radius 2 is 1.81 bits per heavy atom. The molecule has 4 rings (SSSR count). The Hall–Kier alpha value is -3.35. The first-order valence-electron chi connectivity index (χ1n) is 10.9. The number of hydrogen-bond donors (Lipinski definition) is 1. The Bertz CT molecular complexity index is 992. The summed E-state index contributed by atoms with van der Waals surface area (Å²) in [6.07, 6.45) is 5.08. The number of rotatable bonds is 7. The van der Waals surface area contributed by atoms with E-state index in [0.29, 0.717) is 19.0 Å². The minimum absolute atomic E-state index is 0.0551. The van der Waals surface area contributed by atoms with Crippen LogP contribution in [0.4, 0.5) is 5.69 Å². The Morgan fingerprint density at radius 3 is 2.55 bits per heavy atom. The van der Waals surface area contributed by atoms with Gasteiger partial charge in [-0.2, -0.15) is 4.98 Å². The summed E-state index contributed by atoms with van der Waals surface area (Å²) in [5.41, 5.74) is 2.92. The average molecular weight is 421 g/mol. The molecule has 0 atom stereocenters. The molecule has 0 aliphatic carbocycles. The van der Waals surface area contributed by atoms with E-state index in [1.165, 1.54) is 31.4 Å². The second kappa shape index (κ2) is 10.1. The van der Waals surface area contributed by atoms with Crippen molar-refractivity contribution in [2.75, 3.05) is 24.6 Å². The van der Waals surface area contributed by atoms with Crippen molar-refractivity contribution in [3.63, 3.8) is 0 Å². The van der Waals surface area contributed by atoms with E-state index in [4.69, 9.17) is 9.26 Å². The molecular formula is C24H28N4O3. The van der Waals surface area contributed by atoms with Crippen molar-refractivity contribution in [1.82, 2.24) is 15.5 Å². The smallest absolute Gasteiger partial charge is 0.316 e. The van der Waals surface area contributed by atoms with E-state index in [9.17, 15) is 4.79 Å². The number of carbonyl (C=O) groups is 1. The first-order valence-corrected chi connectivity index (χ1v) is 10.9. The van der Waals surface area contributed by atoms with Gasteiger partial charge in [0, 0.05) is 36.4 Å². The van der Waals surface area contributed by atoms with Gasteiger partial charge in [-0.25, -0.2) is 0 Å². The van der Waals surface area contributed by atoms with Gasteiger partial charge in [0.15, 0.2) is 0 Å². The zero-order chi connectivity index (χ0) is 21.5. The molecule has 1 saturated heterocycles. The second-order valence-corrected chi connectivity index (χ2v) is 7.59. The highest BCUT2D eigenvalue weighted by Crippen LogP contribution is 2.24. The number of hydrogen-bond acceptors (Lipinski definition) is 6. The molecular weight excluding hydrogens is 392 g/mol. The lowest BCUT2D eigenvalue weighted by Crippen LogP contribution is -2.23. The van der Waals surface area contributed by atoms with Crippen molar-refractivity contribution >= 4 is 11.6 Å². The number of para-hydroxylation sites is 1. The molecule has 2 heterocycles. The topological polar surface area (TPSA) is 80.5 Å². The average Bonchev–Trinajstić information content (AvgIpc) is 3.14. The van der Waals surface area contributed by atoms with Gasteiger partial charge in [0.2, 0.25) is 5.82 Å². The molecule has 162 valence electrons. The van der Waals surface area contributed by atoms with Crippen molar-refractivity contribution < 1.29 is 14.1 Å². The zero-order valence-electron chi connectivity index (χ0n) is 17.8. The van der Waals surface area contributed by atoms with Gasteiger partial charge in [-0.15, -0.1) is 0 Å². The monoisotopic (exact) mass is 420 g/mol. The van der Waals surface area contributed by atoms with Crippen LogP contribution < -0.4 is 15.0 Å². The minimum atomic E-state index is -0.411. The molecule has 1 aliphatic heterocycles. The number of amides is 1. The third-order valence-corrected chi connectivity index (χ3v) is 5.43. The molecule has 1 fully saturated rings. The lowest BCUT2D eigenvalue weighted by atomic mass is 10.2. The summed E-state index contributed by atoms with van der Waals surface area (Å²) in [5, 5.41) is 6.80. The molecule has 2 aromatic carbocycles. The van der Waals surface area contributed by atoms with Crippen molar-refractivity contribution in [3.05, 3.63) is 60.0 Å². The summed E-state index contributed by atoms with van der Waals surface area (Å²) in [6.45, 7) is 5.00. The van der Waals surface area contributed by atoms with Crippen LogP contribution in [0, 0.1) is 0 Å². The molecule has 31 heavy (non-hydrogen) atoms. The van der Waals surface area contributed by atoms with Crippen LogP contribution in [-0.4, -0.2) is 35.7 Å². The number of carbonyl (C=O) groups excluding carboxylic acids is 1. The Labute approximate surface area is 182 Å². The summed E-state index contributed by atoms with van der Waals surface area (Å²) >= 11 is 0. The molecule has 0 spiro atoms. The van der Waals surface area contributed by atoms with Gasteiger partial charge in [0.1, 0.15) is 5.75 Å². The Morgan fingerprint density at radius 1 is 1.06 bits per heavy atom. The van der Waals surface area contributed by atoms with Crippen LogP contribution >= 0.6 is 0 Å². The van der Waals surface area contributed by atoms with Crippen LogP contribution in [0.15, 0.2) is 53.1 Å². The van der Waals surface area contributed by atoms with Gasteiger partial charge < -0.3 is 19.5 Å². The molecule has 0 unspecified atom stereocenters. The second-order valence-electron chi connectivity index (χ2n) is 7.59. The Kier molecular flexibility index (Phi) is 6.82. The number of anilines is 1. The lowest BCUT2D eigenvalue weighted by Gasteiger charge is -2.22. The largest absolute Gasteiger partial charge is 0.494 e. The molecule has 0 bridgehead atoms. The highest BCUT2D eigenvalue weighted by molar-refractivity contribution is 5.89. The third kappa shape index (κ3) is 5.23. The maximum Gasteiger partial charge on any atom is 0.316 e. The molecule has 1 aliphatic rings. The molecule has 1 amide bonds. The zero-order valence-corrected chi connectivity index (χ0v) is 17.8. The first kappa shape index (κ1) is 20.9. The number of ether oxygens (including phenoxy) is 1. The molecule has 7 nitrogen and oxygen atoms in total. The highest BCUT2D eigenvalue weighted by atomic mass is 16.5. The van der Waals surface area contributed by atoms with E-state index >= 15 is 0 Å². The van der Waals surface area contributed by atoms with Crippen LogP contribution in [0.5, 0.6) is 5.75 Å². The SMILES string of the molecule is CCOc1ccccc1CNC(=O)c1nc(-c2ccc(N3CCCCCC3)cc2)no1. The molecule has 0 radical (unpaired) electrons. The first-order chi connectivity index (χ1) is 15.2. The van der Waals surface area contributed by atoms with E-state index in [1.54, 1.807) is 0 Å². The lowest BCUT2D eigenvalue weighted by molar-refractivity contribution is 0.0906. The maximum atomic E-state index is 12.5. The summed E-state index contributed by atoms with van der Waals surface area (Å²) < 4.78 is 10.8. The van der Waals surface area contributed by atoms with Crippen molar-refractivity contribution in [2.45, 2.75) is 39.2 Å². The fourth-order valence-electron chi connectivity index (χ4n) is 3.78. The van der Waals surface area contributed by atoms with Gasteiger partial charge >= 0.3 is 11.8 Å².